The minimum atomic E-state index is 0.401. The van der Waals surface area contributed by atoms with Crippen molar-refractivity contribution in [2.24, 2.45) is 0 Å². The molecule has 4 heteroatoms. The van der Waals surface area contributed by atoms with Gasteiger partial charge in [0.15, 0.2) is 0 Å². The number of phenolic OH excluding ortho intramolecular Hbond substituents is 1. The molecule has 0 bridgehead atoms. The molecule has 1 aliphatic heterocycles. The molecule has 2 aromatic carbocycles. The molecule has 2 aromatic rings. The first-order valence-electron chi connectivity index (χ1n) is 8.16. The van der Waals surface area contributed by atoms with Crippen LogP contribution in [0.3, 0.4) is 0 Å². The highest BCUT2D eigenvalue weighted by Crippen LogP contribution is 2.23. The van der Waals surface area contributed by atoms with Gasteiger partial charge in [-0.1, -0.05) is 28.1 Å². The third-order valence-corrected chi connectivity index (χ3v) is 5.36. The number of piperazine rings is 1. The maximum atomic E-state index is 10.0. The number of hydrogen-bond donors (Lipinski definition) is 2. The Kier molecular flexibility index (Phi) is 4.93. The summed E-state index contributed by atoms with van der Waals surface area (Å²) in [4.78, 5) is 4.02. The molecule has 0 radical (unpaired) electrons. The number of quaternary nitrogens is 1. The topological polar surface area (TPSA) is 27.9 Å². The van der Waals surface area contributed by atoms with Crippen molar-refractivity contribution in [1.82, 2.24) is 0 Å². The summed E-state index contributed by atoms with van der Waals surface area (Å²) < 4.78 is 1.03. The Morgan fingerprint density at radius 2 is 1.87 bits per heavy atom. The first kappa shape index (κ1) is 16.3. The molecule has 1 saturated heterocycles. The van der Waals surface area contributed by atoms with Crippen LogP contribution in [0, 0.1) is 13.8 Å². The zero-order valence-corrected chi connectivity index (χ0v) is 15.4. The van der Waals surface area contributed by atoms with Gasteiger partial charge in [0.05, 0.1) is 26.2 Å². The standard InChI is InChI=1S/C19H23BrN2O/c1-14-4-3-5-18(15(14)2)22-10-8-21(9-11-22)13-16-12-17(20)6-7-19(16)23/h3-7,12,23H,8-11,13H2,1-2H3/p+1. The van der Waals surface area contributed by atoms with Gasteiger partial charge in [-0.15, -0.1) is 0 Å². The smallest absolute Gasteiger partial charge is 0.124 e. The van der Waals surface area contributed by atoms with Crippen LogP contribution in [0.25, 0.3) is 0 Å². The molecule has 1 fully saturated rings. The summed E-state index contributed by atoms with van der Waals surface area (Å²) in [6, 6.07) is 12.2. The van der Waals surface area contributed by atoms with Crippen LogP contribution in [-0.2, 0) is 6.54 Å². The molecule has 122 valence electrons. The predicted octanol–water partition coefficient (Wildman–Crippen LogP) is 2.68. The lowest BCUT2D eigenvalue weighted by atomic mass is 10.1. The van der Waals surface area contributed by atoms with Crippen molar-refractivity contribution >= 4 is 21.6 Å². The molecule has 23 heavy (non-hydrogen) atoms. The molecular formula is C19H24BrN2O+. The lowest BCUT2D eigenvalue weighted by molar-refractivity contribution is -0.914. The van der Waals surface area contributed by atoms with E-state index >= 15 is 0 Å². The number of anilines is 1. The Morgan fingerprint density at radius 1 is 1.13 bits per heavy atom. The largest absolute Gasteiger partial charge is 0.507 e. The van der Waals surface area contributed by atoms with Crippen LogP contribution in [0.15, 0.2) is 40.9 Å². The van der Waals surface area contributed by atoms with E-state index < -0.39 is 0 Å². The van der Waals surface area contributed by atoms with E-state index in [1.807, 2.05) is 12.1 Å². The van der Waals surface area contributed by atoms with E-state index in [2.05, 4.69) is 52.9 Å². The van der Waals surface area contributed by atoms with Crippen molar-refractivity contribution < 1.29 is 10.0 Å². The molecule has 0 spiro atoms. The molecule has 0 atom stereocenters. The van der Waals surface area contributed by atoms with Crippen LogP contribution in [0.2, 0.25) is 0 Å². The average molecular weight is 376 g/mol. The maximum Gasteiger partial charge on any atom is 0.124 e. The van der Waals surface area contributed by atoms with Gasteiger partial charge in [0.25, 0.3) is 0 Å². The van der Waals surface area contributed by atoms with Gasteiger partial charge in [-0.05, 0) is 49.2 Å². The molecule has 1 heterocycles. The molecule has 0 saturated carbocycles. The lowest BCUT2D eigenvalue weighted by Crippen LogP contribution is -3.13. The number of halogens is 1. The van der Waals surface area contributed by atoms with Crippen LogP contribution in [0.5, 0.6) is 5.75 Å². The molecule has 2 N–H and O–H groups in total. The number of hydrogen-bond acceptors (Lipinski definition) is 2. The maximum absolute atomic E-state index is 10.0. The first-order valence-corrected chi connectivity index (χ1v) is 8.96. The number of aryl methyl sites for hydroxylation is 1. The number of phenols is 1. The fourth-order valence-corrected chi connectivity index (χ4v) is 3.69. The molecule has 0 aromatic heterocycles. The summed E-state index contributed by atoms with van der Waals surface area (Å²) >= 11 is 3.49. The van der Waals surface area contributed by atoms with Crippen molar-refractivity contribution in [1.29, 1.82) is 0 Å². The van der Waals surface area contributed by atoms with Crippen molar-refractivity contribution in [3.05, 3.63) is 57.6 Å². The normalized spacial score (nSPS) is 15.9. The summed E-state index contributed by atoms with van der Waals surface area (Å²) in [6.07, 6.45) is 0. The van der Waals surface area contributed by atoms with E-state index in [9.17, 15) is 5.11 Å². The number of nitrogens with zero attached hydrogens (tertiary/aromatic N) is 1. The molecular weight excluding hydrogens is 352 g/mol. The van der Waals surface area contributed by atoms with E-state index in [0.717, 1.165) is 42.8 Å². The average Bonchev–Trinajstić information content (AvgIpc) is 2.54. The summed E-state index contributed by atoms with van der Waals surface area (Å²) in [7, 11) is 0. The van der Waals surface area contributed by atoms with Crippen LogP contribution in [-0.4, -0.2) is 31.3 Å². The molecule has 0 amide bonds. The minimum absolute atomic E-state index is 0.401. The monoisotopic (exact) mass is 375 g/mol. The van der Waals surface area contributed by atoms with Gasteiger partial charge in [0.1, 0.15) is 12.3 Å². The molecule has 3 rings (SSSR count). The van der Waals surface area contributed by atoms with Crippen molar-refractivity contribution in [3.63, 3.8) is 0 Å². The summed E-state index contributed by atoms with van der Waals surface area (Å²) in [5, 5.41) is 10.0. The van der Waals surface area contributed by atoms with Gasteiger partial charge < -0.3 is 14.9 Å². The Labute approximate surface area is 146 Å². The number of nitrogens with one attached hydrogen (secondary N) is 1. The Hall–Kier alpha value is -1.52. The molecule has 0 aliphatic carbocycles. The van der Waals surface area contributed by atoms with Crippen LogP contribution in [0.1, 0.15) is 16.7 Å². The van der Waals surface area contributed by atoms with E-state index in [0.29, 0.717) is 5.75 Å². The first-order chi connectivity index (χ1) is 11.0. The Bertz CT molecular complexity index is 694. The van der Waals surface area contributed by atoms with Crippen LogP contribution >= 0.6 is 15.9 Å². The third-order valence-electron chi connectivity index (χ3n) is 4.87. The highest BCUT2D eigenvalue weighted by Gasteiger charge is 2.22. The van der Waals surface area contributed by atoms with E-state index in [1.54, 1.807) is 6.07 Å². The number of benzene rings is 2. The summed E-state index contributed by atoms with van der Waals surface area (Å²) in [6.45, 7) is 9.59. The highest BCUT2D eigenvalue weighted by atomic mass is 79.9. The lowest BCUT2D eigenvalue weighted by Gasteiger charge is -2.34. The van der Waals surface area contributed by atoms with Gasteiger partial charge >= 0.3 is 0 Å². The van der Waals surface area contributed by atoms with Crippen molar-refractivity contribution in [2.75, 3.05) is 31.1 Å². The second-order valence-electron chi connectivity index (χ2n) is 6.41. The second kappa shape index (κ2) is 6.93. The van der Waals surface area contributed by atoms with Gasteiger partial charge in [-0.3, -0.25) is 0 Å². The van der Waals surface area contributed by atoms with Crippen LogP contribution in [0.4, 0.5) is 5.69 Å². The van der Waals surface area contributed by atoms with Crippen LogP contribution < -0.4 is 9.80 Å². The van der Waals surface area contributed by atoms with Crippen molar-refractivity contribution in [2.45, 2.75) is 20.4 Å². The summed E-state index contributed by atoms with van der Waals surface area (Å²) in [5.41, 5.74) is 5.14. The van der Waals surface area contributed by atoms with E-state index in [-0.39, 0.29) is 0 Å². The number of aromatic hydroxyl groups is 1. The van der Waals surface area contributed by atoms with Gasteiger partial charge in [-0.25, -0.2) is 0 Å². The van der Waals surface area contributed by atoms with E-state index in [1.165, 1.54) is 21.7 Å². The highest BCUT2D eigenvalue weighted by molar-refractivity contribution is 9.10. The minimum Gasteiger partial charge on any atom is -0.507 e. The van der Waals surface area contributed by atoms with Gasteiger partial charge in [0.2, 0.25) is 0 Å². The van der Waals surface area contributed by atoms with E-state index in [4.69, 9.17) is 0 Å². The zero-order chi connectivity index (χ0) is 16.4. The fourth-order valence-electron chi connectivity index (χ4n) is 3.28. The fraction of sp³-hybridized carbons (Fsp3) is 0.368. The number of rotatable bonds is 3. The Morgan fingerprint density at radius 3 is 2.61 bits per heavy atom. The molecule has 3 nitrogen and oxygen atoms in total. The second-order valence-corrected chi connectivity index (χ2v) is 7.32. The van der Waals surface area contributed by atoms with Gasteiger partial charge in [-0.2, -0.15) is 0 Å². The predicted molar refractivity (Wildman–Crippen MR) is 98.3 cm³/mol. The quantitative estimate of drug-likeness (QED) is 0.862. The molecule has 1 aliphatic rings. The summed E-state index contributed by atoms with van der Waals surface area (Å²) in [5.74, 6) is 0.401. The zero-order valence-electron chi connectivity index (χ0n) is 13.8. The SMILES string of the molecule is Cc1cccc(N2CC[NH+](Cc3cc(Br)ccc3O)CC2)c1C. The molecule has 0 unspecified atom stereocenters. The Balaban J connectivity index is 1.64. The van der Waals surface area contributed by atoms with Gasteiger partial charge in [0, 0.05) is 15.7 Å². The third kappa shape index (κ3) is 3.70. The van der Waals surface area contributed by atoms with Crippen molar-refractivity contribution in [3.8, 4) is 5.75 Å².